The van der Waals surface area contributed by atoms with Crippen LogP contribution in [0.4, 0.5) is 4.39 Å². The predicted molar refractivity (Wildman–Crippen MR) is 56.4 cm³/mol. The molecule has 80 valence electrons. The normalized spacial score (nSPS) is 48.2. The van der Waals surface area contributed by atoms with E-state index in [-0.39, 0.29) is 6.10 Å². The first-order chi connectivity index (χ1) is 6.45. The summed E-state index contributed by atoms with van der Waals surface area (Å²) in [6.07, 6.45) is 0.385. The molecule has 0 bridgehead atoms. The fraction of sp³-hybridized carbons (Fsp3) is 0.889. The summed E-state index contributed by atoms with van der Waals surface area (Å²) >= 11 is 1.30. The topological polar surface area (TPSA) is 47.6 Å². The minimum atomic E-state index is -1.27. The van der Waals surface area contributed by atoms with Crippen LogP contribution in [-0.4, -0.2) is 34.8 Å². The van der Waals surface area contributed by atoms with Gasteiger partial charge in [0.2, 0.25) is 0 Å². The molecule has 0 aromatic rings. The Hall–Kier alpha value is -0.290. The van der Waals surface area contributed by atoms with Crippen molar-refractivity contribution in [1.29, 1.82) is 0 Å². The van der Waals surface area contributed by atoms with Crippen molar-refractivity contribution >= 4 is 16.9 Å². The maximum absolute atomic E-state index is 14.6. The average molecular weight is 218 g/mol. The average Bonchev–Trinajstić information content (AvgIpc) is 2.08. The summed E-state index contributed by atoms with van der Waals surface area (Å²) in [6, 6.07) is 0. The summed E-state index contributed by atoms with van der Waals surface area (Å²) in [6.45, 7) is 4.00. The number of aliphatic imine (C=N–C) groups is 1. The second kappa shape index (κ2) is 3.10. The number of nitrogens with two attached hydrogens (primary N) is 1. The van der Waals surface area contributed by atoms with Crippen molar-refractivity contribution in [2.75, 3.05) is 12.4 Å². The number of amidine groups is 1. The van der Waals surface area contributed by atoms with Crippen LogP contribution in [-0.2, 0) is 4.74 Å². The molecule has 3 atom stereocenters. The van der Waals surface area contributed by atoms with Gasteiger partial charge in [0.15, 0.2) is 5.17 Å². The SMILES string of the molecule is C[C@H]1C[C@@]2(F)CSC(N)=N[C@@]2(C)CO1. The first-order valence-corrected chi connectivity index (χ1v) is 5.72. The van der Waals surface area contributed by atoms with Gasteiger partial charge in [0.05, 0.1) is 12.7 Å². The van der Waals surface area contributed by atoms with Crippen molar-refractivity contribution in [1.82, 2.24) is 0 Å². The van der Waals surface area contributed by atoms with Gasteiger partial charge in [0, 0.05) is 12.2 Å². The Balaban J connectivity index is 2.32. The molecule has 2 rings (SSSR count). The Morgan fingerprint density at radius 2 is 2.43 bits per heavy atom. The van der Waals surface area contributed by atoms with Crippen molar-refractivity contribution < 1.29 is 9.13 Å². The Bertz CT molecular complexity index is 286. The van der Waals surface area contributed by atoms with E-state index in [0.29, 0.717) is 23.9 Å². The van der Waals surface area contributed by atoms with Gasteiger partial charge in [-0.2, -0.15) is 0 Å². The smallest absolute Gasteiger partial charge is 0.154 e. The molecule has 2 aliphatic rings. The standard InChI is InChI=1S/C9H15FN2OS/c1-6-3-9(10)5-14-7(11)12-8(9,2)4-13-6/h6H,3-5H2,1-2H3,(H2,11,12)/t6-,8-,9+/m0/s1. The van der Waals surface area contributed by atoms with E-state index in [1.54, 1.807) is 6.92 Å². The molecule has 1 saturated heterocycles. The highest BCUT2D eigenvalue weighted by atomic mass is 32.2. The van der Waals surface area contributed by atoms with Crippen molar-refractivity contribution in [2.24, 2.45) is 10.7 Å². The van der Waals surface area contributed by atoms with Crippen LogP contribution >= 0.6 is 11.8 Å². The van der Waals surface area contributed by atoms with Gasteiger partial charge in [-0.05, 0) is 13.8 Å². The zero-order chi connectivity index (χ0) is 10.4. The number of hydrogen-bond donors (Lipinski definition) is 1. The lowest BCUT2D eigenvalue weighted by molar-refractivity contribution is -0.0962. The van der Waals surface area contributed by atoms with Gasteiger partial charge in [0.25, 0.3) is 0 Å². The van der Waals surface area contributed by atoms with Crippen LogP contribution in [0, 0.1) is 0 Å². The second-order valence-electron chi connectivity index (χ2n) is 4.30. The number of nitrogens with zero attached hydrogens (tertiary/aromatic N) is 1. The van der Waals surface area contributed by atoms with Gasteiger partial charge < -0.3 is 10.5 Å². The maximum atomic E-state index is 14.6. The lowest BCUT2D eigenvalue weighted by Gasteiger charge is -2.47. The highest BCUT2D eigenvalue weighted by Crippen LogP contribution is 2.44. The Kier molecular flexibility index (Phi) is 2.27. The van der Waals surface area contributed by atoms with Crippen molar-refractivity contribution in [3.05, 3.63) is 0 Å². The largest absolute Gasteiger partial charge is 0.379 e. The third kappa shape index (κ3) is 1.42. The molecule has 3 nitrogen and oxygen atoms in total. The van der Waals surface area contributed by atoms with Gasteiger partial charge in [-0.3, -0.25) is 4.99 Å². The third-order valence-corrected chi connectivity index (χ3v) is 4.02. The summed E-state index contributed by atoms with van der Waals surface area (Å²) in [5.41, 5.74) is 3.56. The highest BCUT2D eigenvalue weighted by molar-refractivity contribution is 8.13. The van der Waals surface area contributed by atoms with Gasteiger partial charge >= 0.3 is 0 Å². The molecule has 5 heteroatoms. The van der Waals surface area contributed by atoms with Gasteiger partial charge in [0.1, 0.15) is 11.2 Å². The van der Waals surface area contributed by atoms with E-state index in [9.17, 15) is 4.39 Å². The Labute approximate surface area is 87.3 Å². The summed E-state index contributed by atoms with van der Waals surface area (Å²) < 4.78 is 20.0. The van der Waals surface area contributed by atoms with Crippen LogP contribution in [0.5, 0.6) is 0 Å². The van der Waals surface area contributed by atoms with Gasteiger partial charge in [-0.1, -0.05) is 11.8 Å². The van der Waals surface area contributed by atoms with E-state index in [2.05, 4.69) is 4.99 Å². The number of hydrogen-bond acceptors (Lipinski definition) is 4. The molecule has 2 aliphatic heterocycles. The Morgan fingerprint density at radius 1 is 1.71 bits per heavy atom. The monoisotopic (exact) mass is 218 g/mol. The van der Waals surface area contributed by atoms with Crippen molar-refractivity contribution in [3.8, 4) is 0 Å². The molecule has 1 fully saturated rings. The minimum absolute atomic E-state index is 0.0248. The molecule has 0 radical (unpaired) electrons. The molecular weight excluding hydrogens is 203 g/mol. The molecule has 2 heterocycles. The third-order valence-electron chi connectivity index (χ3n) is 3.03. The predicted octanol–water partition coefficient (Wildman–Crippen LogP) is 1.32. The van der Waals surface area contributed by atoms with E-state index in [1.807, 2.05) is 6.92 Å². The fourth-order valence-corrected chi connectivity index (χ4v) is 3.05. The van der Waals surface area contributed by atoms with Crippen LogP contribution in [0.3, 0.4) is 0 Å². The fourth-order valence-electron chi connectivity index (χ4n) is 1.98. The molecule has 0 aromatic carbocycles. The number of ether oxygens (including phenoxy) is 1. The molecule has 0 aromatic heterocycles. The van der Waals surface area contributed by atoms with Crippen LogP contribution in [0.25, 0.3) is 0 Å². The van der Waals surface area contributed by atoms with E-state index in [4.69, 9.17) is 10.5 Å². The quantitative estimate of drug-likeness (QED) is 0.667. The molecule has 14 heavy (non-hydrogen) atoms. The summed E-state index contributed by atoms with van der Waals surface area (Å²) in [7, 11) is 0. The molecule has 0 spiro atoms. The number of alkyl halides is 1. The van der Waals surface area contributed by atoms with E-state index in [0.717, 1.165) is 0 Å². The van der Waals surface area contributed by atoms with E-state index >= 15 is 0 Å². The lowest BCUT2D eigenvalue weighted by atomic mass is 9.79. The maximum Gasteiger partial charge on any atom is 0.154 e. The van der Waals surface area contributed by atoms with Gasteiger partial charge in [-0.15, -0.1) is 0 Å². The van der Waals surface area contributed by atoms with Crippen molar-refractivity contribution in [3.63, 3.8) is 0 Å². The molecule has 2 N–H and O–H groups in total. The summed E-state index contributed by atoms with van der Waals surface area (Å²) in [4.78, 5) is 4.20. The summed E-state index contributed by atoms with van der Waals surface area (Å²) in [5, 5.41) is 0.471. The van der Waals surface area contributed by atoms with Crippen LogP contribution in [0.1, 0.15) is 20.3 Å². The number of fused-ring (bicyclic) bond motifs is 1. The zero-order valence-corrected chi connectivity index (χ0v) is 9.23. The molecule has 0 amide bonds. The van der Waals surface area contributed by atoms with Crippen LogP contribution in [0.15, 0.2) is 4.99 Å². The van der Waals surface area contributed by atoms with Crippen LogP contribution < -0.4 is 5.73 Å². The van der Waals surface area contributed by atoms with E-state index in [1.165, 1.54) is 11.8 Å². The number of rotatable bonds is 0. The Morgan fingerprint density at radius 3 is 3.14 bits per heavy atom. The van der Waals surface area contributed by atoms with Crippen LogP contribution in [0.2, 0.25) is 0 Å². The molecule has 0 saturated carbocycles. The first kappa shape index (κ1) is 10.2. The minimum Gasteiger partial charge on any atom is -0.379 e. The molecular formula is C9H15FN2OS. The second-order valence-corrected chi connectivity index (χ2v) is 5.30. The van der Waals surface area contributed by atoms with Crippen molar-refractivity contribution in [2.45, 2.75) is 37.6 Å². The number of thioether (sulfide) groups is 1. The summed E-state index contributed by atoms with van der Waals surface area (Å²) in [5.74, 6) is 0.395. The first-order valence-electron chi connectivity index (χ1n) is 4.74. The lowest BCUT2D eigenvalue weighted by Crippen LogP contribution is -2.60. The van der Waals surface area contributed by atoms with Gasteiger partial charge in [-0.25, -0.2) is 4.39 Å². The molecule has 0 unspecified atom stereocenters. The zero-order valence-electron chi connectivity index (χ0n) is 8.42. The molecule has 0 aliphatic carbocycles. The number of halogens is 1. The highest BCUT2D eigenvalue weighted by Gasteiger charge is 2.55. The van der Waals surface area contributed by atoms with E-state index < -0.39 is 11.2 Å².